The molecule has 130 valence electrons. The lowest BCUT2D eigenvalue weighted by Crippen LogP contribution is -2.39. The summed E-state index contributed by atoms with van der Waals surface area (Å²) in [5, 5.41) is 0. The van der Waals surface area contributed by atoms with Gasteiger partial charge in [-0.25, -0.2) is 4.79 Å². The molecule has 1 aliphatic heterocycles. The molecule has 2 aromatic rings. The fourth-order valence-corrected chi connectivity index (χ4v) is 2.94. The smallest absolute Gasteiger partial charge is 0.332 e. The second kappa shape index (κ2) is 5.90. The van der Waals surface area contributed by atoms with E-state index < -0.39 is 17.3 Å². The number of morpholine rings is 1. The van der Waals surface area contributed by atoms with Gasteiger partial charge in [-0.3, -0.25) is 23.3 Å². The Morgan fingerprint density at radius 1 is 1.17 bits per heavy atom. The van der Waals surface area contributed by atoms with E-state index in [4.69, 9.17) is 4.74 Å². The summed E-state index contributed by atoms with van der Waals surface area (Å²) in [6, 6.07) is -0.557. The molecule has 9 nitrogen and oxygen atoms in total. The summed E-state index contributed by atoms with van der Waals surface area (Å²) in [6.07, 6.45) is 0. The average Bonchev–Trinajstić information content (AvgIpc) is 2.98. The number of carbonyl (C=O) groups is 1. The molecule has 9 heteroatoms. The minimum Gasteiger partial charge on any atom is -0.378 e. The summed E-state index contributed by atoms with van der Waals surface area (Å²) in [4.78, 5) is 43.4. The molecule has 0 N–H and O–H groups in total. The summed E-state index contributed by atoms with van der Waals surface area (Å²) < 4.78 is 9.38. The van der Waals surface area contributed by atoms with Gasteiger partial charge < -0.3 is 9.64 Å². The van der Waals surface area contributed by atoms with Gasteiger partial charge in [0.1, 0.15) is 0 Å². The molecule has 0 bridgehead atoms. The molecule has 0 radical (unpaired) electrons. The van der Waals surface area contributed by atoms with Crippen LogP contribution in [-0.4, -0.2) is 50.8 Å². The molecule has 2 aromatic heterocycles. The Kier molecular flexibility index (Phi) is 4.04. The Morgan fingerprint density at radius 3 is 2.38 bits per heavy atom. The number of anilines is 1. The van der Waals surface area contributed by atoms with Crippen LogP contribution >= 0.6 is 0 Å². The van der Waals surface area contributed by atoms with Gasteiger partial charge in [0.15, 0.2) is 16.9 Å². The average molecular weight is 335 g/mol. The quantitative estimate of drug-likeness (QED) is 0.745. The first kappa shape index (κ1) is 16.4. The molecule has 24 heavy (non-hydrogen) atoms. The van der Waals surface area contributed by atoms with Gasteiger partial charge in [-0.2, -0.15) is 4.98 Å². The van der Waals surface area contributed by atoms with E-state index in [9.17, 15) is 14.4 Å². The van der Waals surface area contributed by atoms with Gasteiger partial charge in [-0.05, 0) is 13.8 Å². The first-order chi connectivity index (χ1) is 11.3. The Morgan fingerprint density at radius 2 is 1.79 bits per heavy atom. The molecule has 1 saturated heterocycles. The van der Waals surface area contributed by atoms with Crippen LogP contribution in [0.1, 0.15) is 19.9 Å². The third-order valence-corrected chi connectivity index (χ3v) is 4.54. The van der Waals surface area contributed by atoms with Crippen molar-refractivity contribution in [2.75, 3.05) is 31.2 Å². The Bertz CT molecular complexity index is 917. The van der Waals surface area contributed by atoms with Crippen molar-refractivity contribution in [3.05, 3.63) is 20.8 Å². The predicted octanol–water partition coefficient (Wildman–Crippen LogP) is -0.580. The SMILES string of the molecule is CC(=O)[C@H](C)n1c(N2CCOCC2)nc2c1c(=O)n(C)c(=O)n2C. The minimum atomic E-state index is -0.557. The molecule has 0 aliphatic carbocycles. The van der Waals surface area contributed by atoms with E-state index in [-0.39, 0.29) is 16.9 Å². The van der Waals surface area contributed by atoms with E-state index in [1.54, 1.807) is 18.5 Å². The van der Waals surface area contributed by atoms with Crippen molar-refractivity contribution in [2.45, 2.75) is 19.9 Å². The number of nitrogens with zero attached hydrogens (tertiary/aromatic N) is 5. The number of ether oxygens (including phenoxy) is 1. The third kappa shape index (κ3) is 2.35. The largest absolute Gasteiger partial charge is 0.378 e. The lowest BCUT2D eigenvalue weighted by atomic mass is 10.2. The van der Waals surface area contributed by atoms with Crippen molar-refractivity contribution in [3.63, 3.8) is 0 Å². The number of rotatable bonds is 3. The van der Waals surface area contributed by atoms with Crippen molar-refractivity contribution >= 4 is 22.9 Å². The number of imidazole rings is 1. The van der Waals surface area contributed by atoms with Crippen LogP contribution in [0, 0.1) is 0 Å². The zero-order valence-electron chi connectivity index (χ0n) is 14.3. The zero-order chi connectivity index (χ0) is 17.6. The maximum atomic E-state index is 12.7. The highest BCUT2D eigenvalue weighted by Gasteiger charge is 2.27. The standard InChI is InChI=1S/C15H21N5O4/c1-9(10(2)21)20-11-12(17(3)15(23)18(4)13(11)22)16-14(20)19-5-7-24-8-6-19/h9H,5-8H2,1-4H3/t9-/m0/s1. The summed E-state index contributed by atoms with van der Waals surface area (Å²) in [6.45, 7) is 5.54. The maximum absolute atomic E-state index is 12.7. The second-order valence-corrected chi connectivity index (χ2v) is 6.05. The summed E-state index contributed by atoms with van der Waals surface area (Å²) in [5.41, 5.74) is -0.337. The number of fused-ring (bicyclic) bond motifs is 1. The van der Waals surface area contributed by atoms with Crippen LogP contribution < -0.4 is 16.1 Å². The molecule has 1 atom stereocenters. The number of carbonyl (C=O) groups excluding carboxylic acids is 1. The molecule has 3 heterocycles. The van der Waals surface area contributed by atoms with Crippen molar-refractivity contribution in [1.82, 2.24) is 18.7 Å². The molecule has 1 fully saturated rings. The maximum Gasteiger partial charge on any atom is 0.332 e. The Hall–Kier alpha value is -2.42. The van der Waals surface area contributed by atoms with E-state index in [0.29, 0.717) is 32.3 Å². The van der Waals surface area contributed by atoms with Gasteiger partial charge in [-0.1, -0.05) is 0 Å². The van der Waals surface area contributed by atoms with Crippen molar-refractivity contribution in [3.8, 4) is 0 Å². The normalized spacial score (nSPS) is 16.6. The zero-order valence-corrected chi connectivity index (χ0v) is 14.3. The number of aryl methyl sites for hydroxylation is 1. The molecule has 3 rings (SSSR count). The summed E-state index contributed by atoms with van der Waals surface area (Å²) in [5.74, 6) is 0.439. The minimum absolute atomic E-state index is 0.0836. The first-order valence-electron chi connectivity index (χ1n) is 7.85. The number of hydrogen-bond donors (Lipinski definition) is 0. The van der Waals surface area contributed by atoms with Crippen LogP contribution in [0.2, 0.25) is 0 Å². The Balaban J connectivity index is 2.39. The van der Waals surface area contributed by atoms with Crippen LogP contribution in [0.15, 0.2) is 9.59 Å². The van der Waals surface area contributed by atoms with Crippen LogP contribution in [0.3, 0.4) is 0 Å². The van der Waals surface area contributed by atoms with Crippen molar-refractivity contribution < 1.29 is 9.53 Å². The summed E-state index contributed by atoms with van der Waals surface area (Å²) >= 11 is 0. The first-order valence-corrected chi connectivity index (χ1v) is 7.85. The van der Waals surface area contributed by atoms with Gasteiger partial charge in [0.2, 0.25) is 5.95 Å². The monoisotopic (exact) mass is 335 g/mol. The van der Waals surface area contributed by atoms with Gasteiger partial charge in [-0.15, -0.1) is 0 Å². The lowest BCUT2D eigenvalue weighted by molar-refractivity contribution is -0.119. The topological polar surface area (TPSA) is 91.4 Å². The molecule has 0 aromatic carbocycles. The summed E-state index contributed by atoms with van der Waals surface area (Å²) in [7, 11) is 3.00. The number of hydrogen-bond acceptors (Lipinski definition) is 6. The predicted molar refractivity (Wildman–Crippen MR) is 88.6 cm³/mol. The molecule has 0 saturated carbocycles. The molecular weight excluding hydrogens is 314 g/mol. The van der Waals surface area contributed by atoms with Gasteiger partial charge in [0, 0.05) is 27.2 Å². The highest BCUT2D eigenvalue weighted by atomic mass is 16.5. The Labute approximate surface area is 138 Å². The molecule has 0 amide bonds. The second-order valence-electron chi connectivity index (χ2n) is 6.05. The molecule has 0 spiro atoms. The highest BCUT2D eigenvalue weighted by molar-refractivity contribution is 5.84. The van der Waals surface area contributed by atoms with Gasteiger partial charge >= 0.3 is 5.69 Å². The van der Waals surface area contributed by atoms with E-state index in [0.717, 1.165) is 4.57 Å². The van der Waals surface area contributed by atoms with E-state index in [1.165, 1.54) is 18.5 Å². The van der Waals surface area contributed by atoms with Gasteiger partial charge in [0.05, 0.1) is 19.3 Å². The molecular formula is C15H21N5O4. The molecule has 1 aliphatic rings. The number of aromatic nitrogens is 4. The fraction of sp³-hybridized carbons (Fsp3) is 0.600. The van der Waals surface area contributed by atoms with E-state index >= 15 is 0 Å². The van der Waals surface area contributed by atoms with E-state index in [2.05, 4.69) is 4.98 Å². The van der Waals surface area contributed by atoms with Crippen LogP contribution in [0.25, 0.3) is 11.2 Å². The number of Topliss-reactive ketones (excluding diaryl/α,β-unsaturated/α-hetero) is 1. The van der Waals surface area contributed by atoms with Crippen molar-refractivity contribution in [1.29, 1.82) is 0 Å². The lowest BCUT2D eigenvalue weighted by Gasteiger charge is -2.29. The third-order valence-electron chi connectivity index (χ3n) is 4.54. The van der Waals surface area contributed by atoms with Crippen LogP contribution in [0.5, 0.6) is 0 Å². The van der Waals surface area contributed by atoms with Crippen LogP contribution in [0.4, 0.5) is 5.95 Å². The number of ketones is 1. The van der Waals surface area contributed by atoms with Gasteiger partial charge in [0.25, 0.3) is 5.56 Å². The van der Waals surface area contributed by atoms with Crippen molar-refractivity contribution in [2.24, 2.45) is 14.1 Å². The van der Waals surface area contributed by atoms with E-state index in [1.807, 2.05) is 4.90 Å². The fourth-order valence-electron chi connectivity index (χ4n) is 2.94. The van der Waals surface area contributed by atoms with Crippen LogP contribution in [-0.2, 0) is 23.6 Å². The molecule has 0 unspecified atom stereocenters. The highest BCUT2D eigenvalue weighted by Crippen LogP contribution is 2.25.